The van der Waals surface area contributed by atoms with Gasteiger partial charge in [-0.25, -0.2) is 0 Å². The molecular formula is C31H28N6O3. The number of carbonyl (C=O) groups excluding carboxylic acids is 2. The van der Waals surface area contributed by atoms with Crippen LogP contribution in [-0.4, -0.2) is 48.1 Å². The van der Waals surface area contributed by atoms with Gasteiger partial charge in [0, 0.05) is 60.1 Å². The van der Waals surface area contributed by atoms with E-state index in [1.807, 2.05) is 37.3 Å². The van der Waals surface area contributed by atoms with Crippen LogP contribution >= 0.6 is 0 Å². The van der Waals surface area contributed by atoms with E-state index in [0.29, 0.717) is 55.2 Å². The number of hydrogen-bond acceptors (Lipinski definition) is 7. The van der Waals surface area contributed by atoms with Gasteiger partial charge in [0.1, 0.15) is 0 Å². The number of aromatic nitrogens is 2. The van der Waals surface area contributed by atoms with Crippen LogP contribution in [-0.2, 0) is 11.3 Å². The second kappa shape index (κ2) is 12.2. The number of morpholine rings is 1. The summed E-state index contributed by atoms with van der Waals surface area (Å²) in [6.07, 6.45) is 5.01. The number of hydrogen-bond donors (Lipinski definition) is 2. The molecule has 9 nitrogen and oxygen atoms in total. The average Bonchev–Trinajstić information content (AvgIpc) is 3.01. The second-order valence-electron chi connectivity index (χ2n) is 9.41. The average molecular weight is 533 g/mol. The first-order valence-electron chi connectivity index (χ1n) is 12.9. The van der Waals surface area contributed by atoms with Crippen LogP contribution < -0.4 is 15.5 Å². The van der Waals surface area contributed by atoms with Crippen molar-refractivity contribution in [3.63, 3.8) is 0 Å². The maximum atomic E-state index is 13.2. The van der Waals surface area contributed by atoms with E-state index in [4.69, 9.17) is 4.74 Å². The minimum absolute atomic E-state index is 0.178. The molecule has 2 aromatic heterocycles. The number of ether oxygens (including phenoxy) is 1. The Bertz CT molecular complexity index is 1560. The SMILES string of the molecule is Cc1ncc(NC(=O)c2cc(C#N)cc(N3CCOCC3)c2)cc1-c1ccc(C(=O)NCc2cccnc2)cc1. The maximum Gasteiger partial charge on any atom is 0.255 e. The van der Waals surface area contributed by atoms with Crippen LogP contribution in [0.3, 0.4) is 0 Å². The smallest absolute Gasteiger partial charge is 0.255 e. The van der Waals surface area contributed by atoms with Gasteiger partial charge in [0.2, 0.25) is 0 Å². The molecule has 0 atom stereocenters. The molecule has 40 heavy (non-hydrogen) atoms. The Morgan fingerprint density at radius 2 is 1.80 bits per heavy atom. The number of nitriles is 1. The van der Waals surface area contributed by atoms with Gasteiger partial charge in [0.25, 0.3) is 11.8 Å². The van der Waals surface area contributed by atoms with Crippen LogP contribution in [0, 0.1) is 18.3 Å². The Kier molecular flexibility index (Phi) is 8.09. The molecule has 9 heteroatoms. The molecule has 2 amide bonds. The highest BCUT2D eigenvalue weighted by Gasteiger charge is 2.16. The molecule has 1 saturated heterocycles. The van der Waals surface area contributed by atoms with E-state index in [0.717, 1.165) is 28.1 Å². The van der Waals surface area contributed by atoms with E-state index in [2.05, 4.69) is 31.6 Å². The Morgan fingerprint density at radius 1 is 1.00 bits per heavy atom. The van der Waals surface area contributed by atoms with Gasteiger partial charge < -0.3 is 20.3 Å². The Labute approximate surface area is 232 Å². The van der Waals surface area contributed by atoms with Crippen LogP contribution in [0.1, 0.15) is 37.5 Å². The zero-order chi connectivity index (χ0) is 27.9. The molecule has 0 spiro atoms. The van der Waals surface area contributed by atoms with Crippen molar-refractivity contribution < 1.29 is 14.3 Å². The monoisotopic (exact) mass is 532 g/mol. The van der Waals surface area contributed by atoms with Gasteiger partial charge in [-0.1, -0.05) is 18.2 Å². The minimum atomic E-state index is -0.330. The van der Waals surface area contributed by atoms with E-state index in [1.165, 1.54) is 0 Å². The molecule has 1 fully saturated rings. The number of rotatable bonds is 7. The van der Waals surface area contributed by atoms with Gasteiger partial charge in [-0.3, -0.25) is 19.6 Å². The zero-order valence-corrected chi connectivity index (χ0v) is 22.1. The first-order valence-corrected chi connectivity index (χ1v) is 12.9. The largest absolute Gasteiger partial charge is 0.378 e. The summed E-state index contributed by atoms with van der Waals surface area (Å²) in [7, 11) is 0. The van der Waals surface area contributed by atoms with Gasteiger partial charge in [-0.05, 0) is 60.5 Å². The van der Waals surface area contributed by atoms with Crippen molar-refractivity contribution in [2.45, 2.75) is 13.5 Å². The van der Waals surface area contributed by atoms with Gasteiger partial charge >= 0.3 is 0 Å². The fourth-order valence-corrected chi connectivity index (χ4v) is 4.50. The first kappa shape index (κ1) is 26.5. The van der Waals surface area contributed by atoms with Crippen LogP contribution in [0.4, 0.5) is 11.4 Å². The van der Waals surface area contributed by atoms with Crippen molar-refractivity contribution in [2.24, 2.45) is 0 Å². The number of nitrogens with zero attached hydrogens (tertiary/aromatic N) is 4. The van der Waals surface area contributed by atoms with Crippen LogP contribution in [0.15, 0.2) is 79.3 Å². The molecule has 1 aliphatic heterocycles. The predicted molar refractivity (Wildman–Crippen MR) is 152 cm³/mol. The number of benzene rings is 2. The topological polar surface area (TPSA) is 120 Å². The lowest BCUT2D eigenvalue weighted by molar-refractivity contribution is 0.0950. The number of carbonyl (C=O) groups is 2. The minimum Gasteiger partial charge on any atom is -0.378 e. The molecule has 2 aromatic carbocycles. The summed E-state index contributed by atoms with van der Waals surface area (Å²) >= 11 is 0. The molecule has 0 unspecified atom stereocenters. The van der Waals surface area contributed by atoms with Crippen LogP contribution in [0.5, 0.6) is 0 Å². The number of aryl methyl sites for hydroxylation is 1. The summed E-state index contributed by atoms with van der Waals surface area (Å²) in [5.74, 6) is -0.508. The summed E-state index contributed by atoms with van der Waals surface area (Å²) < 4.78 is 5.42. The van der Waals surface area contributed by atoms with Gasteiger partial charge in [0.15, 0.2) is 0 Å². The molecule has 0 aliphatic carbocycles. The summed E-state index contributed by atoms with van der Waals surface area (Å²) in [6, 6.07) is 20.2. The van der Waals surface area contributed by atoms with Crippen molar-refractivity contribution in [2.75, 3.05) is 36.5 Å². The normalized spacial score (nSPS) is 12.8. The highest BCUT2D eigenvalue weighted by molar-refractivity contribution is 6.05. The molecule has 4 aromatic rings. The Hall–Kier alpha value is -5.07. The zero-order valence-electron chi connectivity index (χ0n) is 22.1. The quantitative estimate of drug-likeness (QED) is 0.363. The van der Waals surface area contributed by atoms with E-state index in [9.17, 15) is 14.9 Å². The third-order valence-corrected chi connectivity index (χ3v) is 6.66. The van der Waals surface area contributed by atoms with Crippen molar-refractivity contribution in [3.8, 4) is 17.2 Å². The van der Waals surface area contributed by atoms with E-state index >= 15 is 0 Å². The fraction of sp³-hybridized carbons (Fsp3) is 0.194. The number of nitrogens with one attached hydrogen (secondary N) is 2. The van der Waals surface area contributed by atoms with Gasteiger partial charge in [-0.15, -0.1) is 0 Å². The molecule has 0 radical (unpaired) electrons. The van der Waals surface area contributed by atoms with E-state index in [1.54, 1.807) is 48.9 Å². The Morgan fingerprint density at radius 3 is 2.52 bits per heavy atom. The molecule has 1 aliphatic rings. The summed E-state index contributed by atoms with van der Waals surface area (Å²) in [5.41, 5.74) is 6.10. The predicted octanol–water partition coefficient (Wildman–Crippen LogP) is 4.34. The van der Waals surface area contributed by atoms with Crippen molar-refractivity contribution in [1.82, 2.24) is 15.3 Å². The van der Waals surface area contributed by atoms with E-state index < -0.39 is 0 Å². The lowest BCUT2D eigenvalue weighted by atomic mass is 10.0. The number of anilines is 2. The molecule has 5 rings (SSSR count). The lowest BCUT2D eigenvalue weighted by Crippen LogP contribution is -2.36. The Balaban J connectivity index is 1.30. The summed E-state index contributed by atoms with van der Waals surface area (Å²) in [6.45, 7) is 4.89. The first-order chi connectivity index (χ1) is 19.5. The van der Waals surface area contributed by atoms with Crippen LogP contribution in [0.25, 0.3) is 11.1 Å². The van der Waals surface area contributed by atoms with Crippen molar-refractivity contribution in [3.05, 3.63) is 107 Å². The number of pyridine rings is 2. The molecular weight excluding hydrogens is 504 g/mol. The standard InChI is InChI=1S/C31H28N6O3/c1-21-29(24-4-6-25(7-5-24)30(38)35-19-22-3-2-8-33-18-22)16-27(20-34-21)36-31(39)26-13-23(17-32)14-28(15-26)37-9-11-40-12-10-37/h2-8,13-16,18,20H,9-12,19H2,1H3,(H,35,38)(H,36,39). The van der Waals surface area contributed by atoms with Gasteiger partial charge in [0.05, 0.1) is 36.7 Å². The molecule has 200 valence electrons. The highest BCUT2D eigenvalue weighted by Crippen LogP contribution is 2.27. The van der Waals surface area contributed by atoms with E-state index in [-0.39, 0.29) is 11.8 Å². The molecule has 0 saturated carbocycles. The molecule has 0 bridgehead atoms. The van der Waals surface area contributed by atoms with Crippen molar-refractivity contribution >= 4 is 23.2 Å². The fourth-order valence-electron chi connectivity index (χ4n) is 4.50. The van der Waals surface area contributed by atoms with Crippen LogP contribution in [0.2, 0.25) is 0 Å². The number of amides is 2. The lowest BCUT2D eigenvalue weighted by Gasteiger charge is -2.29. The maximum absolute atomic E-state index is 13.2. The third kappa shape index (κ3) is 6.31. The molecule has 2 N–H and O–H groups in total. The second-order valence-corrected chi connectivity index (χ2v) is 9.41. The van der Waals surface area contributed by atoms with Crippen molar-refractivity contribution in [1.29, 1.82) is 5.26 Å². The van der Waals surface area contributed by atoms with Gasteiger partial charge in [-0.2, -0.15) is 5.26 Å². The highest BCUT2D eigenvalue weighted by atomic mass is 16.5. The third-order valence-electron chi connectivity index (χ3n) is 6.66. The summed E-state index contributed by atoms with van der Waals surface area (Å²) in [4.78, 5) is 36.4. The summed E-state index contributed by atoms with van der Waals surface area (Å²) in [5, 5.41) is 15.3. The molecule has 3 heterocycles.